The lowest BCUT2D eigenvalue weighted by molar-refractivity contribution is -0.130. The third-order valence-corrected chi connectivity index (χ3v) is 6.43. The first-order chi connectivity index (χ1) is 12.2. The van der Waals surface area contributed by atoms with Crippen molar-refractivity contribution in [3.8, 4) is 0 Å². The smallest absolute Gasteiger partial charge is 0.251 e. The number of fused-ring (bicyclic) bond motifs is 1. The van der Waals surface area contributed by atoms with Crippen molar-refractivity contribution in [3.63, 3.8) is 0 Å². The molecule has 4 rings (SSSR count). The number of carbonyl (C=O) groups is 1. The number of thiophene rings is 1. The normalized spacial score (nSPS) is 23.3. The quantitative estimate of drug-likeness (QED) is 0.883. The molecule has 25 heavy (non-hydrogen) atoms. The molecule has 2 atom stereocenters. The van der Waals surface area contributed by atoms with E-state index in [0.29, 0.717) is 0 Å². The largest absolute Gasteiger partial charge is 0.312 e. The maximum absolute atomic E-state index is 13.0. The van der Waals surface area contributed by atoms with E-state index in [1.165, 1.54) is 16.0 Å². The maximum atomic E-state index is 13.0. The number of nitrogens with zero attached hydrogens (tertiary/aromatic N) is 1. The highest BCUT2D eigenvalue weighted by Crippen LogP contribution is 2.39. The zero-order valence-electron chi connectivity index (χ0n) is 14.8. The Morgan fingerprint density at radius 3 is 2.84 bits per heavy atom. The summed E-state index contributed by atoms with van der Waals surface area (Å²) in [6.07, 6.45) is 3.29. The van der Waals surface area contributed by atoms with E-state index in [2.05, 4.69) is 58.9 Å². The van der Waals surface area contributed by atoms with Gasteiger partial charge in [-0.2, -0.15) is 0 Å². The second kappa shape index (κ2) is 6.77. The van der Waals surface area contributed by atoms with Crippen LogP contribution in [0.3, 0.4) is 0 Å². The predicted octanol–water partition coefficient (Wildman–Crippen LogP) is 4.42. The molecule has 0 radical (unpaired) electrons. The van der Waals surface area contributed by atoms with Crippen LogP contribution in [0, 0.1) is 0 Å². The third kappa shape index (κ3) is 2.94. The Hall–Kier alpha value is -1.91. The number of carbonyl (C=O) groups excluding carboxylic acids is 1. The maximum Gasteiger partial charge on any atom is 0.251 e. The summed E-state index contributed by atoms with van der Waals surface area (Å²) in [5.74, 6) is 0.183. The topological polar surface area (TPSA) is 32.3 Å². The molecule has 130 valence electrons. The monoisotopic (exact) mass is 352 g/mol. The van der Waals surface area contributed by atoms with Crippen molar-refractivity contribution < 1.29 is 4.79 Å². The van der Waals surface area contributed by atoms with Crippen LogP contribution in [0.1, 0.15) is 48.7 Å². The molecule has 1 aliphatic carbocycles. The van der Waals surface area contributed by atoms with Crippen LogP contribution >= 0.6 is 11.3 Å². The number of nitrogens with one attached hydrogen (secondary N) is 1. The fourth-order valence-corrected chi connectivity index (χ4v) is 4.75. The first-order valence-corrected chi connectivity index (χ1v) is 9.88. The minimum atomic E-state index is -0.00856. The number of aryl methyl sites for hydroxylation is 1. The van der Waals surface area contributed by atoms with Gasteiger partial charge in [0.05, 0.1) is 6.04 Å². The van der Waals surface area contributed by atoms with Crippen molar-refractivity contribution in [1.29, 1.82) is 0 Å². The zero-order chi connectivity index (χ0) is 17.4. The highest BCUT2D eigenvalue weighted by molar-refractivity contribution is 7.09. The van der Waals surface area contributed by atoms with Gasteiger partial charge in [0.25, 0.3) is 5.91 Å². The molecule has 1 N–H and O–H groups in total. The van der Waals surface area contributed by atoms with Crippen LogP contribution in [0.2, 0.25) is 0 Å². The average Bonchev–Trinajstić information content (AvgIpc) is 3.23. The molecule has 3 nitrogen and oxygen atoms in total. The summed E-state index contributed by atoms with van der Waals surface area (Å²) < 4.78 is 0. The van der Waals surface area contributed by atoms with Gasteiger partial charge in [0, 0.05) is 17.0 Å². The second-order valence-electron chi connectivity index (χ2n) is 6.99. The van der Waals surface area contributed by atoms with E-state index in [4.69, 9.17) is 0 Å². The van der Waals surface area contributed by atoms with Gasteiger partial charge < -0.3 is 4.90 Å². The van der Waals surface area contributed by atoms with E-state index < -0.39 is 0 Å². The van der Waals surface area contributed by atoms with Gasteiger partial charge in [0.15, 0.2) is 0 Å². The molecule has 1 aromatic heterocycles. The summed E-state index contributed by atoms with van der Waals surface area (Å²) in [6.45, 7) is 4.85. The standard InChI is InChI=1S/C21H24N2OS/c1-14-15(2)21(24)23(20(14)22-13-17-9-6-12-25-17)19-11-5-8-16-7-3-4-10-18(16)19/h3-4,6-7,9-10,12,19-20,22H,5,8,11,13H2,1-2H3. The van der Waals surface area contributed by atoms with Crippen LogP contribution in [-0.4, -0.2) is 17.0 Å². The van der Waals surface area contributed by atoms with Crippen molar-refractivity contribution in [2.45, 2.75) is 51.9 Å². The van der Waals surface area contributed by atoms with Crippen LogP contribution in [0.5, 0.6) is 0 Å². The molecule has 2 heterocycles. The van der Waals surface area contributed by atoms with E-state index in [-0.39, 0.29) is 18.1 Å². The minimum absolute atomic E-state index is 0.00856. The van der Waals surface area contributed by atoms with E-state index in [0.717, 1.165) is 37.0 Å². The molecular weight excluding hydrogens is 328 g/mol. The molecule has 4 heteroatoms. The van der Waals surface area contributed by atoms with E-state index >= 15 is 0 Å². The fraction of sp³-hybridized carbons (Fsp3) is 0.381. The van der Waals surface area contributed by atoms with Gasteiger partial charge in [-0.1, -0.05) is 30.3 Å². The minimum Gasteiger partial charge on any atom is -0.312 e. The van der Waals surface area contributed by atoms with Gasteiger partial charge in [-0.3, -0.25) is 10.1 Å². The Kier molecular flexibility index (Phi) is 4.48. The van der Waals surface area contributed by atoms with Crippen LogP contribution in [0.4, 0.5) is 0 Å². The first kappa shape index (κ1) is 16.6. The van der Waals surface area contributed by atoms with Gasteiger partial charge in [-0.15, -0.1) is 11.3 Å². The number of hydrogen-bond acceptors (Lipinski definition) is 3. The van der Waals surface area contributed by atoms with Crippen LogP contribution in [-0.2, 0) is 17.8 Å². The Morgan fingerprint density at radius 1 is 1.20 bits per heavy atom. The highest BCUT2D eigenvalue weighted by Gasteiger charge is 2.40. The molecule has 0 saturated heterocycles. The Morgan fingerprint density at radius 2 is 2.04 bits per heavy atom. The molecule has 1 amide bonds. The molecule has 0 bridgehead atoms. The Labute approximate surface area is 153 Å². The summed E-state index contributed by atoms with van der Waals surface area (Å²) in [7, 11) is 0. The van der Waals surface area contributed by atoms with Gasteiger partial charge >= 0.3 is 0 Å². The molecule has 1 aliphatic heterocycles. The number of benzene rings is 1. The van der Waals surface area contributed by atoms with Crippen molar-refractivity contribution in [3.05, 3.63) is 68.9 Å². The summed E-state index contributed by atoms with van der Waals surface area (Å²) in [5.41, 5.74) is 4.77. The van der Waals surface area contributed by atoms with Crippen molar-refractivity contribution >= 4 is 17.2 Å². The molecule has 1 aromatic carbocycles. The number of rotatable bonds is 4. The first-order valence-electron chi connectivity index (χ1n) is 9.00. The van der Waals surface area contributed by atoms with Gasteiger partial charge in [0.1, 0.15) is 6.17 Å². The average molecular weight is 353 g/mol. The number of hydrogen-bond donors (Lipinski definition) is 1. The summed E-state index contributed by atoms with van der Waals surface area (Å²) in [5, 5.41) is 5.73. The van der Waals surface area contributed by atoms with Crippen LogP contribution in [0.25, 0.3) is 0 Å². The summed E-state index contributed by atoms with van der Waals surface area (Å²) in [6, 6.07) is 13.0. The van der Waals surface area contributed by atoms with Crippen molar-refractivity contribution in [2.75, 3.05) is 0 Å². The fourth-order valence-electron chi connectivity index (χ4n) is 4.09. The Bertz CT molecular complexity index is 809. The predicted molar refractivity (Wildman–Crippen MR) is 102 cm³/mol. The Balaban J connectivity index is 1.64. The van der Waals surface area contributed by atoms with E-state index in [1.807, 2.05) is 6.92 Å². The van der Waals surface area contributed by atoms with Crippen LogP contribution < -0.4 is 5.32 Å². The van der Waals surface area contributed by atoms with Crippen molar-refractivity contribution in [1.82, 2.24) is 10.2 Å². The lowest BCUT2D eigenvalue weighted by Gasteiger charge is -2.38. The SMILES string of the molecule is CC1=C(C)C(NCc2cccs2)N(C2CCCc3ccccc32)C1=O. The van der Waals surface area contributed by atoms with E-state index in [9.17, 15) is 4.79 Å². The van der Waals surface area contributed by atoms with Gasteiger partial charge in [-0.05, 0) is 61.3 Å². The van der Waals surface area contributed by atoms with Crippen molar-refractivity contribution in [2.24, 2.45) is 0 Å². The summed E-state index contributed by atoms with van der Waals surface area (Å²) in [4.78, 5) is 16.4. The molecule has 2 aliphatic rings. The van der Waals surface area contributed by atoms with Gasteiger partial charge in [0.2, 0.25) is 0 Å². The highest BCUT2D eigenvalue weighted by atomic mass is 32.1. The molecule has 0 spiro atoms. The van der Waals surface area contributed by atoms with Crippen LogP contribution in [0.15, 0.2) is 52.9 Å². The third-order valence-electron chi connectivity index (χ3n) is 5.56. The second-order valence-corrected chi connectivity index (χ2v) is 8.02. The van der Waals surface area contributed by atoms with Gasteiger partial charge in [-0.25, -0.2) is 0 Å². The molecular formula is C21H24N2OS. The molecule has 2 unspecified atom stereocenters. The zero-order valence-corrected chi connectivity index (χ0v) is 15.6. The molecule has 0 saturated carbocycles. The number of amides is 1. The lowest BCUT2D eigenvalue weighted by Crippen LogP contribution is -2.47. The molecule has 2 aromatic rings. The van der Waals surface area contributed by atoms with E-state index in [1.54, 1.807) is 11.3 Å². The summed E-state index contributed by atoms with van der Waals surface area (Å²) >= 11 is 1.75. The lowest BCUT2D eigenvalue weighted by atomic mass is 9.86. The molecule has 0 fully saturated rings.